The van der Waals surface area contributed by atoms with Gasteiger partial charge in [-0.3, -0.25) is 4.79 Å². The van der Waals surface area contributed by atoms with Gasteiger partial charge in [-0.05, 0) is 23.8 Å². The predicted molar refractivity (Wildman–Crippen MR) is 88.9 cm³/mol. The highest BCUT2D eigenvalue weighted by Gasteiger charge is 2.14. The molecule has 0 aliphatic heterocycles. The molecule has 0 aromatic heterocycles. The number of rotatable bonds is 5. The maximum absolute atomic E-state index is 12.4. The minimum Gasteiger partial charge on any atom is -0.493 e. The summed E-state index contributed by atoms with van der Waals surface area (Å²) in [5, 5.41) is 9.62. The van der Waals surface area contributed by atoms with Gasteiger partial charge in [0.25, 0.3) is 0 Å². The van der Waals surface area contributed by atoms with Crippen LogP contribution in [0.4, 0.5) is 0 Å². The summed E-state index contributed by atoms with van der Waals surface area (Å²) in [6, 6.07) is 13.8. The zero-order valence-electron chi connectivity index (χ0n) is 12.7. The van der Waals surface area contributed by atoms with E-state index in [1.165, 1.54) is 20.3 Å². The molecule has 2 rings (SSSR count). The van der Waals surface area contributed by atoms with Crippen LogP contribution < -0.4 is 9.47 Å². The van der Waals surface area contributed by atoms with Gasteiger partial charge in [-0.15, -0.1) is 0 Å². The first-order valence-corrected chi connectivity index (χ1v) is 7.11. The Morgan fingerprint density at radius 2 is 1.87 bits per heavy atom. The minimum atomic E-state index is -0.348. The molecule has 5 heteroatoms. The number of hydrogen-bond acceptors (Lipinski definition) is 4. The number of nitrogens with zero attached hydrogens (tertiary/aromatic N) is 1. The molecule has 0 heterocycles. The van der Waals surface area contributed by atoms with Crippen molar-refractivity contribution < 1.29 is 14.3 Å². The molecule has 0 aliphatic rings. The zero-order chi connectivity index (χ0) is 16.8. The molecule has 0 spiro atoms. The smallest absolute Gasteiger partial charge is 0.203 e. The highest BCUT2D eigenvalue weighted by molar-refractivity contribution is 6.32. The van der Waals surface area contributed by atoms with Crippen LogP contribution in [-0.4, -0.2) is 20.0 Å². The van der Waals surface area contributed by atoms with E-state index in [9.17, 15) is 10.1 Å². The Kier molecular flexibility index (Phi) is 5.40. The van der Waals surface area contributed by atoms with Gasteiger partial charge in [0.05, 0.1) is 19.2 Å². The number of benzene rings is 2. The first kappa shape index (κ1) is 16.6. The van der Waals surface area contributed by atoms with Gasteiger partial charge in [-0.1, -0.05) is 41.9 Å². The van der Waals surface area contributed by atoms with Gasteiger partial charge < -0.3 is 9.47 Å². The Morgan fingerprint density at radius 3 is 2.43 bits per heavy atom. The molecule has 0 N–H and O–H groups in total. The van der Waals surface area contributed by atoms with E-state index in [1.54, 1.807) is 42.5 Å². The molecule has 116 valence electrons. The lowest BCUT2D eigenvalue weighted by atomic mass is 10.0. The number of allylic oxidation sites excluding steroid dienone is 1. The van der Waals surface area contributed by atoms with Crippen LogP contribution in [0.25, 0.3) is 6.08 Å². The maximum atomic E-state index is 12.4. The van der Waals surface area contributed by atoms with Gasteiger partial charge in [0, 0.05) is 5.56 Å². The fraction of sp³-hybridized carbons (Fsp3) is 0.111. The van der Waals surface area contributed by atoms with E-state index in [2.05, 4.69) is 0 Å². The summed E-state index contributed by atoms with van der Waals surface area (Å²) in [5.74, 6) is 0.480. The van der Waals surface area contributed by atoms with Crippen molar-refractivity contribution in [2.24, 2.45) is 0 Å². The van der Waals surface area contributed by atoms with Crippen molar-refractivity contribution in [2.45, 2.75) is 0 Å². The number of Topliss-reactive ketones (excluding diaryl/α,β-unsaturated/α-hetero) is 1. The Hall–Kier alpha value is -2.77. The summed E-state index contributed by atoms with van der Waals surface area (Å²) >= 11 is 6.13. The number of halogens is 1. The van der Waals surface area contributed by atoms with Crippen LogP contribution in [0.5, 0.6) is 11.5 Å². The van der Waals surface area contributed by atoms with E-state index < -0.39 is 0 Å². The molecule has 0 aliphatic carbocycles. The molecular formula is C18H14ClNO3. The van der Waals surface area contributed by atoms with Crippen molar-refractivity contribution >= 4 is 23.5 Å². The van der Waals surface area contributed by atoms with E-state index in [-0.39, 0.29) is 11.4 Å². The quantitative estimate of drug-likeness (QED) is 0.470. The largest absolute Gasteiger partial charge is 0.493 e. The topological polar surface area (TPSA) is 59.3 Å². The van der Waals surface area contributed by atoms with Crippen molar-refractivity contribution in [1.29, 1.82) is 5.26 Å². The Morgan fingerprint density at radius 1 is 1.17 bits per heavy atom. The van der Waals surface area contributed by atoms with E-state index in [0.717, 1.165) is 0 Å². The summed E-state index contributed by atoms with van der Waals surface area (Å²) in [6.07, 6.45) is 1.48. The zero-order valence-corrected chi connectivity index (χ0v) is 13.4. The highest BCUT2D eigenvalue weighted by atomic mass is 35.5. The molecule has 0 radical (unpaired) electrons. The second-order valence-electron chi connectivity index (χ2n) is 4.60. The van der Waals surface area contributed by atoms with Gasteiger partial charge in [0.15, 0.2) is 11.5 Å². The van der Waals surface area contributed by atoms with Crippen LogP contribution in [0.1, 0.15) is 15.9 Å². The van der Waals surface area contributed by atoms with Gasteiger partial charge in [-0.2, -0.15) is 5.26 Å². The first-order valence-electron chi connectivity index (χ1n) is 6.73. The van der Waals surface area contributed by atoms with Gasteiger partial charge in [-0.25, -0.2) is 0 Å². The summed E-state index contributed by atoms with van der Waals surface area (Å²) in [7, 11) is 2.97. The van der Waals surface area contributed by atoms with Crippen molar-refractivity contribution in [3.8, 4) is 17.6 Å². The standard InChI is InChI=1S/C18H14ClNO3/c1-22-16-10-12(9-15(19)18(16)23-2)8-14(11-20)17(21)13-6-4-3-5-7-13/h3-10H,1-2H3/b14-8-. The third kappa shape index (κ3) is 3.71. The third-order valence-corrected chi connectivity index (χ3v) is 3.45. The monoisotopic (exact) mass is 327 g/mol. The van der Waals surface area contributed by atoms with E-state index in [4.69, 9.17) is 21.1 Å². The molecule has 2 aromatic rings. The lowest BCUT2D eigenvalue weighted by Crippen LogP contribution is -2.01. The van der Waals surface area contributed by atoms with Gasteiger partial charge in [0.1, 0.15) is 11.6 Å². The first-order chi connectivity index (χ1) is 11.1. The normalized spacial score (nSPS) is 10.8. The molecule has 0 saturated carbocycles. The van der Waals surface area contributed by atoms with Crippen LogP contribution in [0.15, 0.2) is 48.0 Å². The molecule has 0 amide bonds. The number of hydrogen-bond donors (Lipinski definition) is 0. The predicted octanol–water partition coefficient (Wildman–Crippen LogP) is 4.15. The molecule has 0 unspecified atom stereocenters. The molecule has 0 bridgehead atoms. The third-order valence-electron chi connectivity index (χ3n) is 3.17. The van der Waals surface area contributed by atoms with E-state index in [0.29, 0.717) is 27.6 Å². The second-order valence-corrected chi connectivity index (χ2v) is 5.01. The van der Waals surface area contributed by atoms with Crippen LogP contribution >= 0.6 is 11.6 Å². The Labute approximate surface area is 139 Å². The fourth-order valence-electron chi connectivity index (χ4n) is 2.08. The number of carbonyl (C=O) groups is 1. The van der Waals surface area contributed by atoms with Gasteiger partial charge >= 0.3 is 0 Å². The Bertz CT molecular complexity index is 792. The minimum absolute atomic E-state index is 0.0134. The fourth-order valence-corrected chi connectivity index (χ4v) is 2.38. The van der Waals surface area contributed by atoms with Crippen LogP contribution in [-0.2, 0) is 0 Å². The van der Waals surface area contributed by atoms with E-state index >= 15 is 0 Å². The summed E-state index contributed by atoms with van der Waals surface area (Å²) in [5.41, 5.74) is 1.04. The average molecular weight is 328 g/mol. The van der Waals surface area contributed by atoms with E-state index in [1.807, 2.05) is 6.07 Å². The van der Waals surface area contributed by atoms with Crippen LogP contribution in [0.3, 0.4) is 0 Å². The van der Waals surface area contributed by atoms with Crippen molar-refractivity contribution in [2.75, 3.05) is 14.2 Å². The van der Waals surface area contributed by atoms with Gasteiger partial charge in [0.2, 0.25) is 5.78 Å². The lowest BCUT2D eigenvalue weighted by Gasteiger charge is -2.10. The highest BCUT2D eigenvalue weighted by Crippen LogP contribution is 2.36. The molecule has 0 fully saturated rings. The SMILES string of the molecule is COc1cc(/C=C(/C#N)C(=O)c2ccccc2)cc(Cl)c1OC. The molecule has 0 atom stereocenters. The number of nitriles is 1. The molecule has 23 heavy (non-hydrogen) atoms. The molecule has 2 aromatic carbocycles. The van der Waals surface area contributed by atoms with Crippen LogP contribution in [0.2, 0.25) is 5.02 Å². The number of ether oxygens (including phenoxy) is 2. The second kappa shape index (κ2) is 7.48. The summed E-state index contributed by atoms with van der Waals surface area (Å²) in [6.45, 7) is 0. The number of carbonyl (C=O) groups excluding carboxylic acids is 1. The molecule has 0 saturated heterocycles. The Balaban J connectivity index is 2.45. The average Bonchev–Trinajstić information content (AvgIpc) is 2.59. The number of methoxy groups -OCH3 is 2. The van der Waals surface area contributed by atoms with Crippen molar-refractivity contribution in [3.63, 3.8) is 0 Å². The maximum Gasteiger partial charge on any atom is 0.203 e. The van der Waals surface area contributed by atoms with Crippen molar-refractivity contribution in [1.82, 2.24) is 0 Å². The summed E-state index contributed by atoms with van der Waals surface area (Å²) in [4.78, 5) is 12.4. The van der Waals surface area contributed by atoms with Crippen molar-refractivity contribution in [3.05, 3.63) is 64.2 Å². The number of ketones is 1. The molecular weight excluding hydrogens is 314 g/mol. The lowest BCUT2D eigenvalue weighted by molar-refractivity contribution is 0.104. The molecule has 4 nitrogen and oxygen atoms in total. The van der Waals surface area contributed by atoms with Crippen LogP contribution in [0, 0.1) is 11.3 Å². The summed E-state index contributed by atoms with van der Waals surface area (Å²) < 4.78 is 10.4.